The third-order valence-corrected chi connectivity index (χ3v) is 3.65. The summed E-state index contributed by atoms with van der Waals surface area (Å²) < 4.78 is 13.8. The molecule has 0 radical (unpaired) electrons. The van der Waals surface area contributed by atoms with Crippen LogP contribution in [-0.4, -0.2) is 6.29 Å². The highest BCUT2D eigenvalue weighted by Gasteiger charge is 2.28. The predicted molar refractivity (Wildman–Crippen MR) is 73.9 cm³/mol. The van der Waals surface area contributed by atoms with Gasteiger partial charge in [-0.15, -0.1) is 0 Å². The Morgan fingerprint density at radius 1 is 1.25 bits per heavy atom. The molecule has 2 nitrogen and oxygen atoms in total. The fourth-order valence-corrected chi connectivity index (χ4v) is 2.54. The second kappa shape index (κ2) is 4.90. The van der Waals surface area contributed by atoms with Gasteiger partial charge < -0.3 is 0 Å². The first kappa shape index (κ1) is 12.6. The number of rotatable bonds is 3. The number of hydrogen-bond donors (Lipinski definition) is 0. The summed E-state index contributed by atoms with van der Waals surface area (Å²) in [6, 6.07) is 11.9. The van der Waals surface area contributed by atoms with Crippen LogP contribution in [0, 0.1) is 17.1 Å². The topological polar surface area (TPSA) is 40.9 Å². The maximum absolute atomic E-state index is 13.8. The summed E-state index contributed by atoms with van der Waals surface area (Å²) in [5.41, 5.74) is 3.32. The fourth-order valence-electron chi connectivity index (χ4n) is 2.54. The van der Waals surface area contributed by atoms with Crippen LogP contribution in [0.2, 0.25) is 0 Å². The molecule has 0 N–H and O–H groups in total. The Morgan fingerprint density at radius 2 is 2.05 bits per heavy atom. The van der Waals surface area contributed by atoms with Crippen molar-refractivity contribution in [2.45, 2.75) is 18.8 Å². The van der Waals surface area contributed by atoms with Crippen LogP contribution in [0.4, 0.5) is 4.39 Å². The lowest BCUT2D eigenvalue weighted by atomic mass is 9.92. The van der Waals surface area contributed by atoms with Crippen LogP contribution >= 0.6 is 0 Å². The van der Waals surface area contributed by atoms with Crippen molar-refractivity contribution in [2.24, 2.45) is 0 Å². The molecule has 20 heavy (non-hydrogen) atoms. The summed E-state index contributed by atoms with van der Waals surface area (Å²) in [5.74, 6) is -0.131. The van der Waals surface area contributed by atoms with Crippen LogP contribution in [0.15, 0.2) is 36.4 Å². The van der Waals surface area contributed by atoms with Crippen LogP contribution in [0.25, 0.3) is 11.1 Å². The minimum absolute atomic E-state index is 0.0354. The summed E-state index contributed by atoms with van der Waals surface area (Å²) in [7, 11) is 0. The van der Waals surface area contributed by atoms with Gasteiger partial charge in [0.15, 0.2) is 0 Å². The van der Waals surface area contributed by atoms with Gasteiger partial charge in [0, 0.05) is 5.56 Å². The molecule has 0 aromatic heterocycles. The minimum atomic E-state index is -0.525. The first-order chi connectivity index (χ1) is 9.74. The Morgan fingerprint density at radius 3 is 2.65 bits per heavy atom. The third kappa shape index (κ3) is 2.10. The number of aldehydes is 1. The Hall–Kier alpha value is -2.47. The molecule has 2 aromatic carbocycles. The van der Waals surface area contributed by atoms with Gasteiger partial charge in [0.25, 0.3) is 0 Å². The van der Waals surface area contributed by atoms with Gasteiger partial charge in [0.2, 0.25) is 0 Å². The minimum Gasteiger partial charge on any atom is -0.298 e. The zero-order valence-electron chi connectivity index (χ0n) is 10.8. The molecule has 1 fully saturated rings. The Labute approximate surface area is 116 Å². The first-order valence-electron chi connectivity index (χ1n) is 6.52. The van der Waals surface area contributed by atoms with Gasteiger partial charge in [0.05, 0.1) is 5.56 Å². The van der Waals surface area contributed by atoms with Crippen LogP contribution in [0.1, 0.15) is 40.2 Å². The van der Waals surface area contributed by atoms with Gasteiger partial charge in [-0.05, 0) is 47.6 Å². The van der Waals surface area contributed by atoms with Crippen molar-refractivity contribution in [1.82, 2.24) is 0 Å². The van der Waals surface area contributed by atoms with E-state index in [1.807, 2.05) is 12.1 Å². The number of carbonyl (C=O) groups is 1. The van der Waals surface area contributed by atoms with Crippen LogP contribution in [-0.2, 0) is 0 Å². The van der Waals surface area contributed by atoms with Crippen molar-refractivity contribution in [3.05, 3.63) is 58.9 Å². The van der Waals surface area contributed by atoms with E-state index in [0.29, 0.717) is 17.0 Å². The fraction of sp³-hybridized carbons (Fsp3) is 0.176. The molecule has 0 unspecified atom stereocenters. The number of nitrogens with zero attached hydrogens (tertiary/aromatic N) is 1. The highest BCUT2D eigenvalue weighted by Crippen LogP contribution is 2.45. The van der Waals surface area contributed by atoms with Crippen molar-refractivity contribution in [3.8, 4) is 17.2 Å². The van der Waals surface area contributed by atoms with Gasteiger partial charge >= 0.3 is 0 Å². The van der Waals surface area contributed by atoms with E-state index in [-0.39, 0.29) is 5.56 Å². The summed E-state index contributed by atoms with van der Waals surface area (Å²) in [5, 5.41) is 8.78. The SMILES string of the molecule is N#Cc1ccc(-c2cccc(C=O)c2C2CC2)cc1F. The second-order valence-electron chi connectivity index (χ2n) is 5.01. The van der Waals surface area contributed by atoms with Crippen molar-refractivity contribution in [1.29, 1.82) is 5.26 Å². The maximum Gasteiger partial charge on any atom is 0.150 e. The Balaban J connectivity index is 2.17. The van der Waals surface area contributed by atoms with Gasteiger partial charge in [0.1, 0.15) is 18.2 Å². The number of carbonyl (C=O) groups excluding carboxylic acids is 1. The van der Waals surface area contributed by atoms with Gasteiger partial charge in [-0.2, -0.15) is 5.26 Å². The van der Waals surface area contributed by atoms with E-state index in [9.17, 15) is 9.18 Å². The molecule has 98 valence electrons. The van der Waals surface area contributed by atoms with Crippen LogP contribution in [0.5, 0.6) is 0 Å². The quantitative estimate of drug-likeness (QED) is 0.785. The van der Waals surface area contributed by atoms with Crippen molar-refractivity contribution < 1.29 is 9.18 Å². The molecule has 3 heteroatoms. The van der Waals surface area contributed by atoms with E-state index in [4.69, 9.17) is 5.26 Å². The predicted octanol–water partition coefficient (Wildman–Crippen LogP) is 4.05. The zero-order valence-corrected chi connectivity index (χ0v) is 10.8. The molecule has 0 heterocycles. The van der Waals surface area contributed by atoms with Crippen LogP contribution in [0.3, 0.4) is 0 Å². The smallest absolute Gasteiger partial charge is 0.150 e. The van der Waals surface area contributed by atoms with E-state index in [1.54, 1.807) is 18.2 Å². The number of nitriles is 1. The summed E-state index contributed by atoms with van der Waals surface area (Å²) in [6.07, 6.45) is 2.99. The summed E-state index contributed by atoms with van der Waals surface area (Å²) >= 11 is 0. The molecule has 0 aliphatic heterocycles. The average molecular weight is 265 g/mol. The molecule has 0 bridgehead atoms. The van der Waals surface area contributed by atoms with Crippen LogP contribution < -0.4 is 0 Å². The lowest BCUT2D eigenvalue weighted by Crippen LogP contribution is -1.95. The van der Waals surface area contributed by atoms with E-state index in [1.165, 1.54) is 12.1 Å². The van der Waals surface area contributed by atoms with Crippen molar-refractivity contribution in [2.75, 3.05) is 0 Å². The largest absolute Gasteiger partial charge is 0.298 e. The van der Waals surface area contributed by atoms with Crippen molar-refractivity contribution in [3.63, 3.8) is 0 Å². The number of halogens is 1. The van der Waals surface area contributed by atoms with Gasteiger partial charge in [-0.1, -0.05) is 24.3 Å². The summed E-state index contributed by atoms with van der Waals surface area (Å²) in [6.45, 7) is 0. The molecule has 0 spiro atoms. The average Bonchev–Trinajstić information content (AvgIpc) is 3.30. The highest BCUT2D eigenvalue weighted by molar-refractivity contribution is 5.84. The number of hydrogen-bond acceptors (Lipinski definition) is 2. The van der Waals surface area contributed by atoms with E-state index in [0.717, 1.165) is 30.3 Å². The molecule has 1 aliphatic carbocycles. The molecule has 1 saturated carbocycles. The Kier molecular flexibility index (Phi) is 3.08. The second-order valence-corrected chi connectivity index (χ2v) is 5.01. The molecule has 1 aliphatic rings. The molecule has 0 amide bonds. The monoisotopic (exact) mass is 265 g/mol. The van der Waals surface area contributed by atoms with E-state index < -0.39 is 5.82 Å². The lowest BCUT2D eigenvalue weighted by Gasteiger charge is -2.12. The molecular weight excluding hydrogens is 253 g/mol. The van der Waals surface area contributed by atoms with E-state index >= 15 is 0 Å². The van der Waals surface area contributed by atoms with Gasteiger partial charge in [-0.25, -0.2) is 4.39 Å². The molecule has 2 aromatic rings. The normalized spacial score (nSPS) is 13.8. The first-order valence-corrected chi connectivity index (χ1v) is 6.52. The zero-order chi connectivity index (χ0) is 14.1. The molecular formula is C17H12FNO. The van der Waals surface area contributed by atoms with Crippen molar-refractivity contribution >= 4 is 6.29 Å². The van der Waals surface area contributed by atoms with E-state index in [2.05, 4.69) is 0 Å². The van der Waals surface area contributed by atoms with Gasteiger partial charge in [-0.3, -0.25) is 4.79 Å². The number of benzene rings is 2. The lowest BCUT2D eigenvalue weighted by molar-refractivity contribution is 0.112. The molecule has 0 atom stereocenters. The standard InChI is InChI=1S/C17H12FNO/c18-16-8-12(6-7-13(16)9-19)15-3-1-2-14(10-20)17(15)11-4-5-11/h1-3,6-8,10-11H,4-5H2. The molecule has 0 saturated heterocycles. The molecule has 3 rings (SSSR count). The summed E-state index contributed by atoms with van der Waals surface area (Å²) in [4.78, 5) is 11.2. The maximum atomic E-state index is 13.8. The Bertz CT molecular complexity index is 726. The highest BCUT2D eigenvalue weighted by atomic mass is 19.1. The third-order valence-electron chi connectivity index (χ3n) is 3.65.